The van der Waals surface area contributed by atoms with E-state index in [0.717, 1.165) is 38.6 Å². The molecule has 0 bridgehead atoms. The van der Waals surface area contributed by atoms with Crippen LogP contribution in [-0.2, 0) is 20.8 Å². The van der Waals surface area contributed by atoms with Crippen molar-refractivity contribution in [2.24, 2.45) is 0 Å². The Bertz CT molecular complexity index is 614. The number of nitrogens with one attached hydrogen (secondary N) is 1. The molecule has 1 N–H and O–H groups in total. The second-order valence-corrected chi connectivity index (χ2v) is 10.7. The predicted molar refractivity (Wildman–Crippen MR) is 143 cm³/mol. The van der Waals surface area contributed by atoms with Crippen LogP contribution in [0.4, 0.5) is 4.79 Å². The van der Waals surface area contributed by atoms with E-state index in [1.807, 2.05) is 0 Å². The van der Waals surface area contributed by atoms with Crippen molar-refractivity contribution in [3.8, 4) is 0 Å². The van der Waals surface area contributed by atoms with Crippen LogP contribution < -0.4 is 9.88 Å². The first-order valence-electron chi connectivity index (χ1n) is 14.4. The van der Waals surface area contributed by atoms with Gasteiger partial charge in [-0.15, -0.1) is 0 Å². The summed E-state index contributed by atoms with van der Waals surface area (Å²) in [5, 5.41) is 4.91. The van der Waals surface area contributed by atoms with Crippen LogP contribution in [0.2, 0.25) is 0 Å². The maximum absolute atomic E-state index is 11.9. The van der Waals surface area contributed by atoms with Crippen LogP contribution in [0.3, 0.4) is 0 Å². The quantitative estimate of drug-likeness (QED) is 0.133. The molecule has 1 aliphatic heterocycles. The number of ether oxygens (including phenoxy) is 3. The highest BCUT2D eigenvalue weighted by atomic mass is 32.1. The minimum Gasteiger partial charge on any atom is -0.447 e. The molecule has 0 aliphatic carbocycles. The Morgan fingerprint density at radius 2 is 1.60 bits per heavy atom. The van der Waals surface area contributed by atoms with E-state index in [4.69, 9.17) is 14.2 Å². The summed E-state index contributed by atoms with van der Waals surface area (Å²) in [5.74, 6) is 0. The zero-order valence-electron chi connectivity index (χ0n) is 22.2. The largest absolute Gasteiger partial charge is 0.447 e. The fourth-order valence-corrected chi connectivity index (χ4v) is 5.10. The first kappa shape index (κ1) is 30.0. The van der Waals surface area contributed by atoms with Gasteiger partial charge in [-0.05, 0) is 25.7 Å². The van der Waals surface area contributed by atoms with E-state index in [-0.39, 0.29) is 25.1 Å². The van der Waals surface area contributed by atoms with E-state index < -0.39 is 0 Å². The second kappa shape index (κ2) is 21.0. The van der Waals surface area contributed by atoms with Crippen LogP contribution in [0, 0.1) is 0 Å². The van der Waals surface area contributed by atoms with Gasteiger partial charge in [0.25, 0.3) is 0 Å². The zero-order valence-corrected chi connectivity index (χ0v) is 23.0. The molecule has 2 atom stereocenters. The fraction of sp³-hybridized carbons (Fsp3) is 0.857. The van der Waals surface area contributed by atoms with E-state index in [0.29, 0.717) is 13.2 Å². The van der Waals surface area contributed by atoms with Gasteiger partial charge in [-0.3, -0.25) is 0 Å². The van der Waals surface area contributed by atoms with E-state index in [1.54, 1.807) is 11.3 Å². The molecule has 2 heterocycles. The van der Waals surface area contributed by atoms with Gasteiger partial charge >= 0.3 is 6.09 Å². The molecular weight excluding hydrogens is 460 g/mol. The number of amides is 1. The average Bonchev–Trinajstić information content (AvgIpc) is 3.55. The van der Waals surface area contributed by atoms with Crippen LogP contribution in [0.5, 0.6) is 0 Å². The number of rotatable bonds is 22. The molecule has 2 unspecified atom stereocenters. The topological polar surface area (TPSA) is 60.7 Å². The average molecular weight is 512 g/mol. The lowest BCUT2D eigenvalue weighted by Gasteiger charge is -2.12. The number of alkyl carbamates (subject to hydrolysis) is 1. The summed E-state index contributed by atoms with van der Waals surface area (Å²) >= 11 is 1.71. The number of nitrogens with zero attached hydrogens (tertiary/aromatic N) is 1. The fourth-order valence-electron chi connectivity index (χ4n) is 4.47. The monoisotopic (exact) mass is 511 g/mol. The molecule has 6 nitrogen and oxygen atoms in total. The number of aromatic nitrogens is 1. The van der Waals surface area contributed by atoms with Crippen LogP contribution in [0.1, 0.15) is 116 Å². The SMILES string of the molecule is CCCCCCCCCCCCCCCC1OCC(COC(=O)NCCCCC[n+]2ccsc2)O1. The summed E-state index contributed by atoms with van der Waals surface area (Å²) < 4.78 is 19.1. The minimum atomic E-state index is -0.360. The summed E-state index contributed by atoms with van der Waals surface area (Å²) in [6, 6.07) is 0. The molecular formula is C28H51N2O4S+. The van der Waals surface area contributed by atoms with Crippen LogP contribution in [0.15, 0.2) is 17.1 Å². The molecule has 1 saturated heterocycles. The summed E-state index contributed by atoms with van der Waals surface area (Å²) in [6.07, 6.45) is 23.2. The van der Waals surface area contributed by atoms with E-state index in [9.17, 15) is 4.79 Å². The lowest BCUT2D eigenvalue weighted by molar-refractivity contribution is -0.692. The number of carbonyl (C=O) groups excluding carboxylic acids is 1. The first-order valence-corrected chi connectivity index (χ1v) is 15.3. The minimum absolute atomic E-state index is 0.138. The number of hydrogen-bond acceptors (Lipinski definition) is 5. The third kappa shape index (κ3) is 16.2. The molecule has 0 aromatic carbocycles. The van der Waals surface area contributed by atoms with Crippen LogP contribution in [0.25, 0.3) is 0 Å². The van der Waals surface area contributed by atoms with Crippen molar-refractivity contribution in [3.63, 3.8) is 0 Å². The second-order valence-electron chi connectivity index (χ2n) is 9.90. The number of unbranched alkanes of at least 4 members (excludes halogenated alkanes) is 14. The van der Waals surface area contributed by atoms with Crippen molar-refractivity contribution in [1.82, 2.24) is 5.32 Å². The maximum Gasteiger partial charge on any atom is 0.407 e. The van der Waals surface area contributed by atoms with Crippen LogP contribution >= 0.6 is 11.3 Å². The number of thiazole rings is 1. The molecule has 35 heavy (non-hydrogen) atoms. The molecule has 202 valence electrons. The number of hydrogen-bond donors (Lipinski definition) is 1. The van der Waals surface area contributed by atoms with Gasteiger partial charge < -0.3 is 19.5 Å². The normalized spacial score (nSPS) is 17.6. The lowest BCUT2D eigenvalue weighted by atomic mass is 10.0. The van der Waals surface area contributed by atoms with Gasteiger partial charge in [0.15, 0.2) is 12.5 Å². The standard InChI is InChI=1S/C28H50N2O4S/c1-2-3-4-5-6-7-8-9-10-11-12-13-15-18-27-32-23-26(34-27)24-33-28(31)29-19-16-14-17-20-30-21-22-35-25-30/h21-22,25-27H,2-20,23-24H2,1H3/p+1. The van der Waals surface area contributed by atoms with Crippen molar-refractivity contribution < 1.29 is 23.6 Å². The molecule has 0 saturated carbocycles. The Morgan fingerprint density at radius 1 is 0.943 bits per heavy atom. The summed E-state index contributed by atoms with van der Waals surface area (Å²) in [5.41, 5.74) is 2.12. The van der Waals surface area contributed by atoms with E-state index in [1.165, 1.54) is 77.0 Å². The Morgan fingerprint density at radius 3 is 2.26 bits per heavy atom. The van der Waals surface area contributed by atoms with Gasteiger partial charge in [0, 0.05) is 13.0 Å². The smallest absolute Gasteiger partial charge is 0.407 e. The van der Waals surface area contributed by atoms with E-state index >= 15 is 0 Å². The summed E-state index contributed by atoms with van der Waals surface area (Å²) in [6.45, 7) is 4.73. The highest BCUT2D eigenvalue weighted by Crippen LogP contribution is 2.19. The molecule has 1 aliphatic rings. The predicted octanol–water partition coefficient (Wildman–Crippen LogP) is 7.15. The zero-order chi connectivity index (χ0) is 24.8. The van der Waals surface area contributed by atoms with Gasteiger partial charge in [-0.2, -0.15) is 4.57 Å². The summed E-state index contributed by atoms with van der Waals surface area (Å²) in [4.78, 5) is 11.9. The maximum atomic E-state index is 11.9. The number of aryl methyl sites for hydroxylation is 1. The Balaban J connectivity index is 1.31. The van der Waals surface area contributed by atoms with Crippen molar-refractivity contribution in [3.05, 3.63) is 17.1 Å². The van der Waals surface area contributed by atoms with Gasteiger partial charge in [0.05, 0.1) is 12.0 Å². The molecule has 2 rings (SSSR count). The molecule has 1 aromatic rings. The highest BCUT2D eigenvalue weighted by molar-refractivity contribution is 7.07. The van der Waals surface area contributed by atoms with Crippen LogP contribution in [-0.4, -0.2) is 38.2 Å². The Kier molecular flexibility index (Phi) is 18.0. The Labute approximate surface area is 218 Å². The number of carbonyl (C=O) groups is 1. The summed E-state index contributed by atoms with van der Waals surface area (Å²) in [7, 11) is 0. The third-order valence-electron chi connectivity index (χ3n) is 6.65. The molecule has 0 spiro atoms. The van der Waals surface area contributed by atoms with Gasteiger partial charge in [-0.1, -0.05) is 95.3 Å². The van der Waals surface area contributed by atoms with Crippen molar-refractivity contribution in [1.29, 1.82) is 0 Å². The van der Waals surface area contributed by atoms with Crippen molar-refractivity contribution in [2.45, 2.75) is 135 Å². The molecule has 7 heteroatoms. The first-order chi connectivity index (χ1) is 17.3. The Hall–Kier alpha value is -1.18. The lowest BCUT2D eigenvalue weighted by Crippen LogP contribution is -2.31. The molecule has 1 amide bonds. The molecule has 1 fully saturated rings. The molecule has 0 radical (unpaired) electrons. The van der Waals surface area contributed by atoms with E-state index in [2.05, 4.69) is 33.9 Å². The van der Waals surface area contributed by atoms with Gasteiger partial charge in [0.2, 0.25) is 5.51 Å². The highest BCUT2D eigenvalue weighted by Gasteiger charge is 2.26. The van der Waals surface area contributed by atoms with Gasteiger partial charge in [0.1, 0.15) is 19.3 Å². The third-order valence-corrected chi connectivity index (χ3v) is 7.32. The van der Waals surface area contributed by atoms with Gasteiger partial charge in [-0.25, -0.2) is 4.79 Å². The van der Waals surface area contributed by atoms with Crippen molar-refractivity contribution >= 4 is 17.4 Å². The molecule has 1 aromatic heterocycles. The van der Waals surface area contributed by atoms with Crippen molar-refractivity contribution in [2.75, 3.05) is 19.8 Å².